The fraction of sp³-hybridized carbons (Fsp3) is 0.900. The maximum atomic E-state index is 14.1. The van der Waals surface area contributed by atoms with Gasteiger partial charge in [0.05, 0.1) is 12.6 Å². The fourth-order valence-corrected chi connectivity index (χ4v) is 7.15. The maximum Gasteiger partial charge on any atom is 0.512 e. The van der Waals surface area contributed by atoms with Gasteiger partial charge in [-0.2, -0.15) is 26.3 Å². The lowest BCUT2D eigenvalue weighted by atomic mass is 10.2. The first-order valence-corrected chi connectivity index (χ1v) is 11.9. The van der Waals surface area contributed by atoms with Crippen LogP contribution < -0.4 is 4.13 Å². The first kappa shape index (κ1) is 24.3. The number of rotatable bonds is 6. The highest BCUT2D eigenvalue weighted by molar-refractivity contribution is 8.13. The highest BCUT2D eigenvalue weighted by Crippen LogP contribution is 2.33. The number of carbonyl (C=O) groups is 1. The summed E-state index contributed by atoms with van der Waals surface area (Å²) in [5.41, 5.74) is -6.28. The predicted molar refractivity (Wildman–Crippen MR) is 83.7 cm³/mol. The average molecular weight is 495 g/mol. The van der Waals surface area contributed by atoms with Crippen LogP contribution in [0.1, 0.15) is 0 Å². The first-order valence-electron chi connectivity index (χ1n) is 7.50. The van der Waals surface area contributed by atoms with Gasteiger partial charge in [0, 0.05) is 26.2 Å². The van der Waals surface area contributed by atoms with Crippen molar-refractivity contribution in [1.82, 2.24) is 13.3 Å². The number of alkyl halides is 5. The molecule has 0 saturated carbocycles. The second kappa shape index (κ2) is 7.61. The Labute approximate surface area is 161 Å². The van der Waals surface area contributed by atoms with E-state index < -0.39 is 59.3 Å². The molecule has 2 aliphatic rings. The van der Waals surface area contributed by atoms with Gasteiger partial charge in [-0.1, -0.05) is 4.13 Å². The summed E-state index contributed by atoms with van der Waals surface area (Å²) in [5.74, 6) is -0.323. The van der Waals surface area contributed by atoms with E-state index >= 15 is 0 Å². The lowest BCUT2D eigenvalue weighted by molar-refractivity contribution is -0.121. The Morgan fingerprint density at radius 2 is 1.41 bits per heavy atom. The van der Waals surface area contributed by atoms with Crippen molar-refractivity contribution >= 4 is 35.9 Å². The lowest BCUT2D eigenvalue weighted by Gasteiger charge is -2.37. The number of nitrogens with zero attached hydrogens (tertiary/aromatic N) is 2. The van der Waals surface area contributed by atoms with E-state index in [1.165, 1.54) is 4.90 Å². The van der Waals surface area contributed by atoms with Crippen LogP contribution in [0.4, 0.5) is 22.0 Å². The van der Waals surface area contributed by atoms with Gasteiger partial charge in [0.25, 0.3) is 10.0 Å². The molecule has 0 radical (unpaired) electrons. The summed E-state index contributed by atoms with van der Waals surface area (Å²) >= 11 is 0. The third kappa shape index (κ3) is 4.39. The maximum absolute atomic E-state index is 14.1. The van der Waals surface area contributed by atoms with Crippen LogP contribution in [0.3, 0.4) is 0 Å². The minimum absolute atomic E-state index is 0.00462. The molecule has 11 nitrogen and oxygen atoms in total. The largest absolute Gasteiger partial charge is 0.512 e. The van der Waals surface area contributed by atoms with Crippen LogP contribution in [-0.2, 0) is 39.6 Å². The van der Waals surface area contributed by atoms with Gasteiger partial charge < -0.3 is 4.74 Å². The van der Waals surface area contributed by atoms with E-state index in [0.717, 1.165) is 0 Å². The molecule has 1 unspecified atom stereocenters. The smallest absolute Gasteiger partial charge is 0.372 e. The molecule has 19 heteroatoms. The van der Waals surface area contributed by atoms with Gasteiger partial charge in [-0.3, -0.25) is 9.69 Å². The van der Waals surface area contributed by atoms with Crippen molar-refractivity contribution in [3.63, 3.8) is 0 Å². The minimum Gasteiger partial charge on any atom is -0.372 e. The highest BCUT2D eigenvalue weighted by Gasteiger charge is 2.64. The molecule has 2 saturated heterocycles. The molecule has 2 rings (SSSR count). The van der Waals surface area contributed by atoms with Crippen LogP contribution >= 0.6 is 0 Å². The van der Waals surface area contributed by atoms with Crippen molar-refractivity contribution < 1.29 is 56.7 Å². The molecule has 0 aromatic rings. The van der Waals surface area contributed by atoms with Crippen molar-refractivity contribution in [1.29, 1.82) is 0 Å². The van der Waals surface area contributed by atoms with Gasteiger partial charge in [0.2, 0.25) is 0 Å². The molecule has 0 amide bonds. The predicted octanol–water partition coefficient (Wildman–Crippen LogP) is -1.78. The van der Waals surface area contributed by atoms with Gasteiger partial charge in [-0.25, -0.2) is 25.3 Å². The van der Waals surface area contributed by atoms with Gasteiger partial charge >= 0.3 is 30.1 Å². The highest BCUT2D eigenvalue weighted by atomic mass is 32.3. The van der Waals surface area contributed by atoms with Crippen molar-refractivity contribution in [2.75, 3.05) is 39.4 Å². The summed E-state index contributed by atoms with van der Waals surface area (Å²) in [7, 11) is -19.8. The molecule has 0 spiro atoms. The number of piperazine rings is 1. The molecule has 2 fully saturated rings. The molecule has 0 aromatic carbocycles. The topological polar surface area (TPSA) is 147 Å². The SMILES string of the molecule is O=C1COCC1N1CCN(S(=O)(=O)C(F)(F)S(=O)(=O)NS(=O)(=O)C(F)(F)F)CC1. The zero-order chi connectivity index (χ0) is 22.5. The van der Waals surface area contributed by atoms with Crippen LogP contribution in [0.2, 0.25) is 0 Å². The standard InChI is InChI=1S/C10H14F5N3O8S3/c11-9(12,13)27(20,21)16-28(22,23)10(14,15)29(24,25)18-3-1-17(2-4-18)7-5-26-6-8(7)19/h7,16H,1-6H2. The second-order valence-electron chi connectivity index (χ2n) is 5.94. The van der Waals surface area contributed by atoms with Gasteiger partial charge in [0.15, 0.2) is 5.78 Å². The van der Waals surface area contributed by atoms with E-state index in [0.29, 0.717) is 0 Å². The van der Waals surface area contributed by atoms with Crippen LogP contribution in [-0.4, -0.2) is 95.8 Å². The van der Waals surface area contributed by atoms with Crippen LogP contribution in [0.15, 0.2) is 0 Å². The summed E-state index contributed by atoms with van der Waals surface area (Å²) < 4.78 is 133. The summed E-state index contributed by atoms with van der Waals surface area (Å²) in [4.78, 5) is 13.0. The average Bonchev–Trinajstić information content (AvgIpc) is 2.98. The normalized spacial score (nSPS) is 24.2. The van der Waals surface area contributed by atoms with Gasteiger partial charge in [-0.05, 0) is 0 Å². The number of hydrogen-bond donors (Lipinski definition) is 1. The number of ether oxygens (including phenoxy) is 1. The molecule has 1 N–H and O–H groups in total. The first-order chi connectivity index (χ1) is 12.9. The number of sulfonamides is 3. The zero-order valence-corrected chi connectivity index (χ0v) is 16.5. The van der Waals surface area contributed by atoms with Crippen molar-refractivity contribution in [2.45, 2.75) is 16.1 Å². The molecule has 0 bridgehead atoms. The van der Waals surface area contributed by atoms with E-state index in [9.17, 15) is 52.0 Å². The van der Waals surface area contributed by atoms with Crippen LogP contribution in [0.25, 0.3) is 0 Å². The molecule has 170 valence electrons. The Bertz CT molecular complexity index is 971. The molecule has 2 heterocycles. The van der Waals surface area contributed by atoms with Crippen molar-refractivity contribution in [2.24, 2.45) is 0 Å². The molecular formula is C10H14F5N3O8S3. The molecule has 2 aliphatic heterocycles. The summed E-state index contributed by atoms with van der Waals surface area (Å²) in [5, 5.41) is 0. The number of carbonyl (C=O) groups excluding carboxylic acids is 1. The fourth-order valence-electron chi connectivity index (χ4n) is 2.55. The van der Waals surface area contributed by atoms with E-state index in [4.69, 9.17) is 4.74 Å². The quantitative estimate of drug-likeness (QED) is 0.423. The molecule has 0 aromatic heterocycles. The third-order valence-electron chi connectivity index (χ3n) is 4.08. The van der Waals surface area contributed by atoms with Crippen LogP contribution in [0.5, 0.6) is 0 Å². The lowest BCUT2D eigenvalue weighted by Crippen LogP contribution is -2.59. The Hall–Kier alpha value is -0.990. The Morgan fingerprint density at radius 1 is 0.897 bits per heavy atom. The van der Waals surface area contributed by atoms with E-state index in [1.807, 2.05) is 0 Å². The number of halogens is 5. The monoisotopic (exact) mass is 495 g/mol. The number of nitrogens with one attached hydrogen (secondary N) is 1. The summed E-state index contributed by atoms with van der Waals surface area (Å²) in [6.45, 7) is -2.17. The third-order valence-corrected chi connectivity index (χ3v) is 10.0. The van der Waals surface area contributed by atoms with Crippen molar-refractivity contribution in [3.8, 4) is 0 Å². The zero-order valence-electron chi connectivity index (χ0n) is 14.1. The van der Waals surface area contributed by atoms with Gasteiger partial charge in [-0.15, -0.1) is 0 Å². The molecule has 1 atom stereocenters. The van der Waals surface area contributed by atoms with Crippen LogP contribution in [0, 0.1) is 0 Å². The second-order valence-corrected chi connectivity index (χ2v) is 11.8. The summed E-state index contributed by atoms with van der Waals surface area (Å²) in [6, 6.07) is -0.734. The molecular weight excluding hydrogens is 481 g/mol. The Balaban J connectivity index is 2.20. The number of hydrogen-bond acceptors (Lipinski definition) is 9. The number of Topliss-reactive ketones (excluding diaryl/α,β-unsaturated/α-hetero) is 1. The number of ketones is 1. The Kier molecular flexibility index (Phi) is 6.37. The van der Waals surface area contributed by atoms with E-state index in [2.05, 4.69) is 0 Å². The Morgan fingerprint density at radius 3 is 1.83 bits per heavy atom. The van der Waals surface area contributed by atoms with E-state index in [1.54, 1.807) is 0 Å². The van der Waals surface area contributed by atoms with E-state index in [-0.39, 0.29) is 40.5 Å². The minimum atomic E-state index is -6.85. The molecule has 29 heavy (non-hydrogen) atoms. The molecule has 0 aliphatic carbocycles. The van der Waals surface area contributed by atoms with Crippen molar-refractivity contribution in [3.05, 3.63) is 0 Å². The summed E-state index contributed by atoms with van der Waals surface area (Å²) in [6.07, 6.45) is 0. The van der Waals surface area contributed by atoms with Gasteiger partial charge in [0.1, 0.15) is 6.61 Å².